The first-order valence-electron chi connectivity index (χ1n) is 6.78. The molecule has 0 aliphatic carbocycles. The second-order valence-corrected chi connectivity index (χ2v) is 5.38. The predicted octanol–water partition coefficient (Wildman–Crippen LogP) is 2.60. The summed E-state index contributed by atoms with van der Waals surface area (Å²) in [4.78, 5) is 26.4. The third kappa shape index (κ3) is 5.04. The summed E-state index contributed by atoms with van der Waals surface area (Å²) in [6, 6.07) is 7.36. The van der Waals surface area contributed by atoms with E-state index in [2.05, 4.69) is 10.3 Å². The van der Waals surface area contributed by atoms with Gasteiger partial charge in [0.2, 0.25) is 5.91 Å². The summed E-state index contributed by atoms with van der Waals surface area (Å²) >= 11 is 1.26. The Kier molecular flexibility index (Phi) is 6.07. The molecule has 0 spiro atoms. The molecule has 0 unspecified atom stereocenters. The Hall–Kier alpha value is -2.45. The predicted molar refractivity (Wildman–Crippen MR) is 85.6 cm³/mol. The van der Waals surface area contributed by atoms with Crippen molar-refractivity contribution in [3.05, 3.63) is 29.6 Å². The summed E-state index contributed by atoms with van der Waals surface area (Å²) < 4.78 is 10.4. The van der Waals surface area contributed by atoms with Gasteiger partial charge in [-0.25, -0.2) is 4.98 Å². The standard InChI is InChI=1S/C15H16N2O5S/c1-21-9-22-12-5-3-2-4-10(12)11-8-23-15(16-11)17-13(18)6-7-14(19)20/h2-5,8H,6-7,9H2,1H3,(H,19,20)(H,16,17,18). The van der Waals surface area contributed by atoms with Crippen LogP contribution in [-0.4, -0.2) is 35.9 Å². The van der Waals surface area contributed by atoms with Crippen LogP contribution in [0, 0.1) is 0 Å². The largest absolute Gasteiger partial charge is 0.481 e. The third-order valence-corrected chi connectivity index (χ3v) is 3.57. The second kappa shape index (κ2) is 8.25. The first-order chi connectivity index (χ1) is 11.1. The Morgan fingerprint density at radius 3 is 2.83 bits per heavy atom. The fourth-order valence-electron chi connectivity index (χ4n) is 1.78. The maximum atomic E-state index is 11.6. The highest BCUT2D eigenvalue weighted by atomic mass is 32.1. The van der Waals surface area contributed by atoms with Crippen LogP contribution < -0.4 is 10.1 Å². The SMILES string of the molecule is COCOc1ccccc1-c1csc(NC(=O)CCC(=O)O)n1. The molecule has 23 heavy (non-hydrogen) atoms. The van der Waals surface area contributed by atoms with E-state index in [1.165, 1.54) is 18.4 Å². The Bertz CT molecular complexity index is 686. The number of aromatic nitrogens is 1. The number of methoxy groups -OCH3 is 1. The average molecular weight is 336 g/mol. The normalized spacial score (nSPS) is 10.3. The first kappa shape index (κ1) is 16.9. The molecule has 2 rings (SSSR count). The van der Waals surface area contributed by atoms with Crippen molar-refractivity contribution in [3.63, 3.8) is 0 Å². The minimum atomic E-state index is -1.01. The van der Waals surface area contributed by atoms with Crippen molar-refractivity contribution in [2.24, 2.45) is 0 Å². The molecule has 2 aromatic rings. The average Bonchev–Trinajstić information content (AvgIpc) is 2.99. The maximum Gasteiger partial charge on any atom is 0.303 e. The molecule has 0 radical (unpaired) electrons. The van der Waals surface area contributed by atoms with Gasteiger partial charge in [0.05, 0.1) is 12.1 Å². The lowest BCUT2D eigenvalue weighted by molar-refractivity contribution is -0.138. The van der Waals surface area contributed by atoms with Gasteiger partial charge >= 0.3 is 5.97 Å². The minimum Gasteiger partial charge on any atom is -0.481 e. The number of para-hydroxylation sites is 1. The molecule has 7 nitrogen and oxygen atoms in total. The van der Waals surface area contributed by atoms with Crippen molar-refractivity contribution in [1.82, 2.24) is 4.98 Å². The van der Waals surface area contributed by atoms with E-state index in [0.29, 0.717) is 16.6 Å². The Balaban J connectivity index is 2.07. The van der Waals surface area contributed by atoms with Crippen LogP contribution in [0.15, 0.2) is 29.6 Å². The number of amides is 1. The molecule has 2 N–H and O–H groups in total. The van der Waals surface area contributed by atoms with E-state index in [0.717, 1.165) is 5.56 Å². The highest BCUT2D eigenvalue weighted by Gasteiger charge is 2.12. The zero-order valence-corrected chi connectivity index (χ0v) is 13.3. The second-order valence-electron chi connectivity index (χ2n) is 4.53. The number of hydrogen-bond acceptors (Lipinski definition) is 6. The number of benzene rings is 1. The molecular weight excluding hydrogens is 320 g/mol. The van der Waals surface area contributed by atoms with Gasteiger partial charge in [-0.15, -0.1) is 11.3 Å². The summed E-state index contributed by atoms with van der Waals surface area (Å²) in [5.41, 5.74) is 1.45. The van der Waals surface area contributed by atoms with Gasteiger partial charge in [-0.1, -0.05) is 12.1 Å². The molecule has 0 bridgehead atoms. The van der Waals surface area contributed by atoms with Gasteiger partial charge in [0, 0.05) is 24.5 Å². The number of carbonyl (C=O) groups is 2. The summed E-state index contributed by atoms with van der Waals surface area (Å²) in [5, 5.41) is 13.4. The molecule has 0 aliphatic heterocycles. The quantitative estimate of drug-likeness (QED) is 0.719. The summed E-state index contributed by atoms with van der Waals surface area (Å²) in [6.07, 6.45) is -0.296. The molecule has 0 fully saturated rings. The van der Waals surface area contributed by atoms with Crippen molar-refractivity contribution in [2.75, 3.05) is 19.2 Å². The van der Waals surface area contributed by atoms with Crippen molar-refractivity contribution in [2.45, 2.75) is 12.8 Å². The minimum absolute atomic E-state index is 0.0855. The van der Waals surface area contributed by atoms with Crippen molar-refractivity contribution >= 4 is 28.3 Å². The Morgan fingerprint density at radius 2 is 2.09 bits per heavy atom. The van der Waals surface area contributed by atoms with Gasteiger partial charge < -0.3 is 19.9 Å². The number of thiazole rings is 1. The molecule has 0 aliphatic rings. The third-order valence-electron chi connectivity index (χ3n) is 2.81. The molecule has 0 saturated heterocycles. The van der Waals surface area contributed by atoms with E-state index >= 15 is 0 Å². The van der Waals surface area contributed by atoms with Crippen LogP contribution in [0.4, 0.5) is 5.13 Å². The number of anilines is 1. The van der Waals surface area contributed by atoms with Gasteiger partial charge in [0.25, 0.3) is 0 Å². The van der Waals surface area contributed by atoms with E-state index in [9.17, 15) is 9.59 Å². The van der Waals surface area contributed by atoms with Crippen LogP contribution >= 0.6 is 11.3 Å². The molecule has 0 saturated carbocycles. The van der Waals surface area contributed by atoms with Crippen LogP contribution in [0.2, 0.25) is 0 Å². The lowest BCUT2D eigenvalue weighted by Gasteiger charge is -2.08. The molecule has 0 atom stereocenters. The highest BCUT2D eigenvalue weighted by molar-refractivity contribution is 7.14. The fourth-order valence-corrected chi connectivity index (χ4v) is 2.51. The van der Waals surface area contributed by atoms with Crippen LogP contribution in [0.25, 0.3) is 11.3 Å². The van der Waals surface area contributed by atoms with E-state index < -0.39 is 5.97 Å². The number of rotatable bonds is 8. The number of ether oxygens (including phenoxy) is 2. The maximum absolute atomic E-state index is 11.6. The number of nitrogens with one attached hydrogen (secondary N) is 1. The molecule has 1 heterocycles. The number of carbonyl (C=O) groups excluding carboxylic acids is 1. The number of carboxylic acids is 1. The smallest absolute Gasteiger partial charge is 0.303 e. The Morgan fingerprint density at radius 1 is 1.30 bits per heavy atom. The van der Waals surface area contributed by atoms with Gasteiger partial charge in [-0.2, -0.15) is 0 Å². The topological polar surface area (TPSA) is 97.8 Å². The number of hydrogen-bond donors (Lipinski definition) is 2. The Labute approximate surface area is 136 Å². The van der Waals surface area contributed by atoms with Crippen LogP contribution in [-0.2, 0) is 14.3 Å². The van der Waals surface area contributed by atoms with Crippen LogP contribution in [0.5, 0.6) is 5.75 Å². The van der Waals surface area contributed by atoms with Gasteiger partial charge in [-0.3, -0.25) is 9.59 Å². The summed E-state index contributed by atoms with van der Waals surface area (Å²) in [6.45, 7) is 0.125. The number of aliphatic carboxylic acids is 1. The van der Waals surface area contributed by atoms with Gasteiger partial charge in [0.1, 0.15) is 5.75 Å². The molecule has 1 amide bonds. The van der Waals surface area contributed by atoms with Crippen molar-refractivity contribution < 1.29 is 24.2 Å². The molecule has 1 aromatic heterocycles. The molecule has 122 valence electrons. The first-order valence-corrected chi connectivity index (χ1v) is 7.66. The monoisotopic (exact) mass is 336 g/mol. The van der Waals surface area contributed by atoms with Crippen LogP contribution in [0.1, 0.15) is 12.8 Å². The van der Waals surface area contributed by atoms with E-state index in [4.69, 9.17) is 14.6 Å². The number of nitrogens with zero attached hydrogens (tertiary/aromatic N) is 1. The van der Waals surface area contributed by atoms with Gasteiger partial charge in [0.15, 0.2) is 11.9 Å². The summed E-state index contributed by atoms with van der Waals surface area (Å²) in [7, 11) is 1.54. The zero-order chi connectivity index (χ0) is 16.7. The zero-order valence-electron chi connectivity index (χ0n) is 12.4. The lowest BCUT2D eigenvalue weighted by atomic mass is 10.1. The van der Waals surface area contributed by atoms with Gasteiger partial charge in [-0.05, 0) is 12.1 Å². The van der Waals surface area contributed by atoms with E-state index in [-0.39, 0.29) is 25.5 Å². The van der Waals surface area contributed by atoms with E-state index in [1.54, 1.807) is 11.4 Å². The molecule has 8 heteroatoms. The van der Waals surface area contributed by atoms with Crippen molar-refractivity contribution in [3.8, 4) is 17.0 Å². The highest BCUT2D eigenvalue weighted by Crippen LogP contribution is 2.32. The van der Waals surface area contributed by atoms with E-state index in [1.807, 2.05) is 18.2 Å². The lowest BCUT2D eigenvalue weighted by Crippen LogP contribution is -2.12. The summed E-state index contributed by atoms with van der Waals surface area (Å²) in [5.74, 6) is -0.759. The van der Waals surface area contributed by atoms with Crippen molar-refractivity contribution in [1.29, 1.82) is 0 Å². The number of carboxylic acid groups (broad SMARTS) is 1. The fraction of sp³-hybridized carbons (Fsp3) is 0.267. The molecule has 1 aromatic carbocycles. The molecular formula is C15H16N2O5S. The van der Waals surface area contributed by atoms with Crippen LogP contribution in [0.3, 0.4) is 0 Å².